The molecule has 0 spiro atoms. The molecule has 0 bridgehead atoms. The number of benzene rings is 2. The molecule has 45 heavy (non-hydrogen) atoms. The second-order valence-corrected chi connectivity index (χ2v) is 14.7. The van der Waals surface area contributed by atoms with Crippen molar-refractivity contribution in [1.82, 2.24) is 0 Å². The second kappa shape index (κ2) is 14.1. The molecular formula is C39H56B2O4. The average Bonchev–Trinajstić information content (AvgIpc) is 3.56. The first-order chi connectivity index (χ1) is 21.5. The second-order valence-electron chi connectivity index (χ2n) is 14.7. The van der Waals surface area contributed by atoms with Crippen LogP contribution in [0, 0.1) is 0 Å². The van der Waals surface area contributed by atoms with Crippen molar-refractivity contribution in [2.45, 2.75) is 148 Å². The molecule has 0 amide bonds. The Hall–Kier alpha value is -2.43. The van der Waals surface area contributed by atoms with Crippen molar-refractivity contribution in [3.05, 3.63) is 72.2 Å². The van der Waals surface area contributed by atoms with Crippen molar-refractivity contribution in [3.8, 4) is 11.1 Å². The van der Waals surface area contributed by atoms with Crippen LogP contribution in [0.2, 0.25) is 0 Å². The molecule has 0 atom stereocenters. The summed E-state index contributed by atoms with van der Waals surface area (Å²) in [6, 6.07) is 13.8. The summed E-state index contributed by atoms with van der Waals surface area (Å²) in [5, 5.41) is 0. The lowest BCUT2D eigenvalue weighted by Crippen LogP contribution is -2.37. The molecule has 1 aliphatic carbocycles. The highest BCUT2D eigenvalue weighted by atomic mass is 16.7. The zero-order valence-electron chi connectivity index (χ0n) is 29.1. The lowest BCUT2D eigenvalue weighted by Gasteiger charge is -2.33. The van der Waals surface area contributed by atoms with Gasteiger partial charge in [-0.2, -0.15) is 0 Å². The monoisotopic (exact) mass is 610 g/mol. The van der Waals surface area contributed by atoms with Crippen molar-refractivity contribution in [2.75, 3.05) is 0 Å². The van der Waals surface area contributed by atoms with Crippen LogP contribution in [0.15, 0.2) is 61.1 Å². The fourth-order valence-corrected chi connectivity index (χ4v) is 7.43. The molecular weight excluding hydrogens is 554 g/mol. The van der Waals surface area contributed by atoms with Crippen LogP contribution < -0.4 is 10.9 Å². The van der Waals surface area contributed by atoms with E-state index in [-0.39, 0.29) is 5.41 Å². The standard InChI is InChI=1S/C39H56B2O4/c1-9-11-13-15-17-19-25-39(26-20-18-16-14-12-10-2)35-27-31(40-42-29(3)37(5,6)44-40)21-23-33(35)34-24-22-32(28-36(34)39)41-43-30(4)38(7,8)45-41/h21-24,27-28H,3-4,9-20,25-26H2,1-2,5-8H3. The molecule has 4 nitrogen and oxygen atoms in total. The van der Waals surface area contributed by atoms with Gasteiger partial charge in [0.2, 0.25) is 0 Å². The molecule has 0 N–H and O–H groups in total. The van der Waals surface area contributed by atoms with Gasteiger partial charge in [-0.15, -0.1) is 0 Å². The molecule has 0 radical (unpaired) electrons. The molecule has 2 aromatic carbocycles. The van der Waals surface area contributed by atoms with Crippen molar-refractivity contribution in [2.24, 2.45) is 0 Å². The molecule has 3 aliphatic rings. The molecule has 0 saturated carbocycles. The van der Waals surface area contributed by atoms with E-state index in [9.17, 15) is 0 Å². The van der Waals surface area contributed by atoms with E-state index in [2.05, 4.69) is 63.4 Å². The Bertz CT molecular complexity index is 1260. The van der Waals surface area contributed by atoms with Gasteiger partial charge >= 0.3 is 14.2 Å². The number of hydrogen-bond donors (Lipinski definition) is 0. The van der Waals surface area contributed by atoms with Crippen molar-refractivity contribution in [1.29, 1.82) is 0 Å². The topological polar surface area (TPSA) is 36.9 Å². The zero-order valence-corrected chi connectivity index (χ0v) is 29.1. The number of rotatable bonds is 16. The molecule has 2 saturated heterocycles. The normalized spacial score (nSPS) is 19.1. The predicted octanol–water partition coefficient (Wildman–Crippen LogP) is 9.52. The zero-order chi connectivity index (χ0) is 32.2. The first-order valence-corrected chi connectivity index (χ1v) is 17.9. The summed E-state index contributed by atoms with van der Waals surface area (Å²) in [6.45, 7) is 21.0. The maximum absolute atomic E-state index is 6.38. The summed E-state index contributed by atoms with van der Waals surface area (Å²) in [7, 11) is -0.877. The highest BCUT2D eigenvalue weighted by Crippen LogP contribution is 2.54. The van der Waals surface area contributed by atoms with Crippen molar-refractivity contribution in [3.63, 3.8) is 0 Å². The quantitative estimate of drug-likeness (QED) is 0.140. The van der Waals surface area contributed by atoms with E-state index >= 15 is 0 Å². The number of hydrogen-bond acceptors (Lipinski definition) is 4. The largest absolute Gasteiger partial charge is 0.563 e. The molecule has 242 valence electrons. The van der Waals surface area contributed by atoms with Gasteiger partial charge in [-0.1, -0.05) is 140 Å². The van der Waals surface area contributed by atoms with Crippen LogP contribution in [-0.2, 0) is 24.0 Å². The van der Waals surface area contributed by atoms with Crippen LogP contribution in [-0.4, -0.2) is 25.4 Å². The predicted molar refractivity (Wildman–Crippen MR) is 190 cm³/mol. The van der Waals surface area contributed by atoms with Gasteiger partial charge in [-0.3, -0.25) is 0 Å². The van der Waals surface area contributed by atoms with Crippen LogP contribution in [0.25, 0.3) is 11.1 Å². The summed E-state index contributed by atoms with van der Waals surface area (Å²) in [4.78, 5) is 0. The number of fused-ring (bicyclic) bond motifs is 3. The fourth-order valence-electron chi connectivity index (χ4n) is 7.43. The van der Waals surface area contributed by atoms with Crippen molar-refractivity contribution < 1.29 is 18.6 Å². The van der Waals surface area contributed by atoms with Gasteiger partial charge in [0.25, 0.3) is 0 Å². The fraction of sp³-hybridized carbons (Fsp3) is 0.590. The minimum atomic E-state index is -0.505. The van der Waals surface area contributed by atoms with Gasteiger partial charge in [0.1, 0.15) is 11.2 Å². The van der Waals surface area contributed by atoms with Gasteiger partial charge in [0, 0.05) is 5.41 Å². The van der Waals surface area contributed by atoms with E-state index in [0.717, 1.165) is 23.8 Å². The lowest BCUT2D eigenvalue weighted by atomic mass is 9.67. The molecule has 0 aromatic heterocycles. The Morgan fingerprint density at radius 1 is 0.556 bits per heavy atom. The van der Waals surface area contributed by atoms with Gasteiger partial charge in [0.05, 0.1) is 11.5 Å². The first-order valence-electron chi connectivity index (χ1n) is 17.9. The summed E-state index contributed by atoms with van der Waals surface area (Å²) in [5.41, 5.74) is 6.59. The van der Waals surface area contributed by atoms with E-state index in [0.29, 0.717) is 11.5 Å². The van der Waals surface area contributed by atoms with E-state index in [1.54, 1.807) is 0 Å². The molecule has 5 rings (SSSR count). The van der Waals surface area contributed by atoms with E-state index in [1.165, 1.54) is 99.3 Å². The Balaban J connectivity index is 1.54. The molecule has 0 unspecified atom stereocenters. The Morgan fingerprint density at radius 3 is 1.29 bits per heavy atom. The third-order valence-corrected chi connectivity index (χ3v) is 10.5. The van der Waals surface area contributed by atoms with E-state index in [1.807, 2.05) is 27.7 Å². The minimum absolute atomic E-state index is 0.0809. The maximum Gasteiger partial charge on any atom is 0.563 e. The Morgan fingerprint density at radius 2 is 0.933 bits per heavy atom. The van der Waals surface area contributed by atoms with Crippen LogP contribution in [0.5, 0.6) is 0 Å². The molecule has 2 aromatic rings. The van der Waals surface area contributed by atoms with E-state index < -0.39 is 25.4 Å². The van der Waals surface area contributed by atoms with Gasteiger partial charge in [-0.05, 0) is 73.7 Å². The van der Waals surface area contributed by atoms with Gasteiger partial charge < -0.3 is 18.6 Å². The van der Waals surface area contributed by atoms with E-state index in [4.69, 9.17) is 18.6 Å². The van der Waals surface area contributed by atoms with Gasteiger partial charge in [-0.25, -0.2) is 0 Å². The van der Waals surface area contributed by atoms with Crippen LogP contribution in [0.3, 0.4) is 0 Å². The average molecular weight is 610 g/mol. The molecule has 2 aliphatic heterocycles. The first kappa shape index (κ1) is 33.9. The molecule has 6 heteroatoms. The highest BCUT2D eigenvalue weighted by Gasteiger charge is 2.48. The minimum Gasteiger partial charge on any atom is -0.534 e. The van der Waals surface area contributed by atoms with Crippen LogP contribution in [0.1, 0.15) is 143 Å². The van der Waals surface area contributed by atoms with Crippen LogP contribution in [0.4, 0.5) is 0 Å². The summed E-state index contributed by atoms with van der Waals surface area (Å²) < 4.78 is 25.2. The summed E-state index contributed by atoms with van der Waals surface area (Å²) in [6.07, 6.45) is 17.7. The molecule has 2 heterocycles. The Kier molecular flexibility index (Phi) is 10.7. The van der Waals surface area contributed by atoms with Crippen molar-refractivity contribution >= 4 is 25.2 Å². The SMILES string of the molecule is C=C1OB(c2ccc3c(c2)C(CCCCCCCC)(CCCCCCCC)c2cc(B4OC(=C)C(C)(C)O4)ccc2-3)OC1(C)C. The Labute approximate surface area is 274 Å². The van der Waals surface area contributed by atoms with Crippen LogP contribution >= 0.6 is 0 Å². The smallest absolute Gasteiger partial charge is 0.534 e. The third-order valence-electron chi connectivity index (χ3n) is 10.5. The lowest BCUT2D eigenvalue weighted by molar-refractivity contribution is 0.172. The summed E-state index contributed by atoms with van der Waals surface area (Å²) in [5.74, 6) is 1.37. The molecule has 2 fully saturated rings. The maximum atomic E-state index is 6.38. The number of unbranched alkanes of at least 4 members (excludes halogenated alkanes) is 10. The van der Waals surface area contributed by atoms with Gasteiger partial charge in [0.15, 0.2) is 0 Å². The summed E-state index contributed by atoms with van der Waals surface area (Å²) >= 11 is 0. The third kappa shape index (κ3) is 7.13. The highest BCUT2D eigenvalue weighted by molar-refractivity contribution is 6.63.